The third-order valence-corrected chi connectivity index (χ3v) is 3.14. The van der Waals surface area contributed by atoms with Crippen LogP contribution in [0.15, 0.2) is 6.20 Å². The summed E-state index contributed by atoms with van der Waals surface area (Å²) >= 11 is 0. The number of hydrogen-bond acceptors (Lipinski definition) is 3. The van der Waals surface area contributed by atoms with E-state index in [0.29, 0.717) is 12.0 Å². The Balaban J connectivity index is 2.58. The third-order valence-electron chi connectivity index (χ3n) is 3.14. The van der Waals surface area contributed by atoms with E-state index in [0.717, 1.165) is 31.3 Å². The SMILES string of the molecule is Cc1cn(CCN(C)C(C)C)c(NCC(C)C)n1. The molecule has 0 aliphatic heterocycles. The highest BCUT2D eigenvalue weighted by atomic mass is 15.2. The summed E-state index contributed by atoms with van der Waals surface area (Å²) in [5.41, 5.74) is 1.08. The monoisotopic (exact) mass is 252 g/mol. The molecular weight excluding hydrogens is 224 g/mol. The van der Waals surface area contributed by atoms with E-state index in [1.807, 2.05) is 6.92 Å². The zero-order valence-corrected chi connectivity index (χ0v) is 12.7. The molecule has 18 heavy (non-hydrogen) atoms. The standard InChI is InChI=1S/C14H28N4/c1-11(2)9-15-14-16-13(5)10-18(14)8-7-17(6)12(3)4/h10-12H,7-9H2,1-6H3,(H,15,16). The van der Waals surface area contributed by atoms with Gasteiger partial charge in [0.05, 0.1) is 5.69 Å². The molecule has 0 saturated carbocycles. The van der Waals surface area contributed by atoms with Gasteiger partial charge in [-0.3, -0.25) is 0 Å². The maximum absolute atomic E-state index is 4.54. The average molecular weight is 252 g/mol. The van der Waals surface area contributed by atoms with Gasteiger partial charge in [-0.1, -0.05) is 13.8 Å². The first-order chi connectivity index (χ1) is 8.40. The van der Waals surface area contributed by atoms with Gasteiger partial charge in [0.15, 0.2) is 0 Å². The average Bonchev–Trinajstić information content (AvgIpc) is 2.63. The molecule has 0 amide bonds. The number of rotatable bonds is 7. The van der Waals surface area contributed by atoms with Gasteiger partial charge < -0.3 is 14.8 Å². The van der Waals surface area contributed by atoms with Crippen LogP contribution in [0.5, 0.6) is 0 Å². The Morgan fingerprint density at radius 1 is 1.33 bits per heavy atom. The highest BCUT2D eigenvalue weighted by Gasteiger charge is 2.08. The number of nitrogens with one attached hydrogen (secondary N) is 1. The van der Waals surface area contributed by atoms with Crippen LogP contribution in [-0.2, 0) is 6.54 Å². The van der Waals surface area contributed by atoms with Crippen LogP contribution in [0.3, 0.4) is 0 Å². The molecule has 1 rings (SSSR count). The number of likely N-dealkylation sites (N-methyl/N-ethyl adjacent to an activating group) is 1. The fourth-order valence-corrected chi connectivity index (χ4v) is 1.68. The molecule has 0 aliphatic carbocycles. The molecule has 0 aliphatic rings. The molecule has 0 fully saturated rings. The summed E-state index contributed by atoms with van der Waals surface area (Å²) in [6.45, 7) is 13.9. The smallest absolute Gasteiger partial charge is 0.203 e. The van der Waals surface area contributed by atoms with Crippen LogP contribution in [0.2, 0.25) is 0 Å². The second-order valence-corrected chi connectivity index (χ2v) is 5.75. The Hall–Kier alpha value is -1.03. The van der Waals surface area contributed by atoms with Gasteiger partial charge in [0.2, 0.25) is 5.95 Å². The van der Waals surface area contributed by atoms with Crippen LogP contribution >= 0.6 is 0 Å². The largest absolute Gasteiger partial charge is 0.355 e. The van der Waals surface area contributed by atoms with E-state index < -0.39 is 0 Å². The second kappa shape index (κ2) is 6.78. The zero-order chi connectivity index (χ0) is 13.7. The predicted octanol–water partition coefficient (Wildman–Crippen LogP) is 2.60. The van der Waals surface area contributed by atoms with Crippen LogP contribution in [0.4, 0.5) is 5.95 Å². The molecule has 0 aromatic carbocycles. The van der Waals surface area contributed by atoms with Gasteiger partial charge in [0, 0.05) is 31.9 Å². The van der Waals surface area contributed by atoms with Crippen molar-refractivity contribution in [2.24, 2.45) is 5.92 Å². The van der Waals surface area contributed by atoms with Crippen molar-refractivity contribution >= 4 is 5.95 Å². The van der Waals surface area contributed by atoms with Crippen molar-refractivity contribution in [2.75, 3.05) is 25.5 Å². The summed E-state index contributed by atoms with van der Waals surface area (Å²) < 4.78 is 2.22. The fourth-order valence-electron chi connectivity index (χ4n) is 1.68. The molecule has 104 valence electrons. The minimum atomic E-state index is 0.585. The Bertz CT molecular complexity index is 355. The first kappa shape index (κ1) is 15.0. The predicted molar refractivity (Wildman–Crippen MR) is 78.1 cm³/mol. The Morgan fingerprint density at radius 2 is 2.00 bits per heavy atom. The highest BCUT2D eigenvalue weighted by molar-refractivity contribution is 5.28. The topological polar surface area (TPSA) is 33.1 Å². The van der Waals surface area contributed by atoms with E-state index in [1.165, 1.54) is 0 Å². The first-order valence-corrected chi connectivity index (χ1v) is 6.88. The van der Waals surface area contributed by atoms with E-state index in [2.05, 4.69) is 60.7 Å². The van der Waals surface area contributed by atoms with E-state index in [4.69, 9.17) is 0 Å². The molecule has 0 unspecified atom stereocenters. The lowest BCUT2D eigenvalue weighted by molar-refractivity contribution is 0.263. The van der Waals surface area contributed by atoms with E-state index in [1.54, 1.807) is 0 Å². The maximum atomic E-state index is 4.54. The number of anilines is 1. The van der Waals surface area contributed by atoms with Crippen molar-refractivity contribution in [3.05, 3.63) is 11.9 Å². The molecule has 0 saturated heterocycles. The van der Waals surface area contributed by atoms with Crippen molar-refractivity contribution in [1.82, 2.24) is 14.5 Å². The van der Waals surface area contributed by atoms with Gasteiger partial charge in [-0.15, -0.1) is 0 Å². The molecule has 0 bridgehead atoms. The van der Waals surface area contributed by atoms with Crippen LogP contribution in [0.1, 0.15) is 33.4 Å². The molecule has 1 aromatic heterocycles. The van der Waals surface area contributed by atoms with Crippen molar-refractivity contribution in [2.45, 2.75) is 47.2 Å². The minimum Gasteiger partial charge on any atom is -0.355 e. The number of nitrogens with zero attached hydrogens (tertiary/aromatic N) is 3. The summed E-state index contributed by atoms with van der Waals surface area (Å²) in [6, 6.07) is 0.585. The summed E-state index contributed by atoms with van der Waals surface area (Å²) in [5.74, 6) is 1.63. The lowest BCUT2D eigenvalue weighted by Gasteiger charge is -2.21. The summed E-state index contributed by atoms with van der Waals surface area (Å²) in [5, 5.41) is 3.42. The van der Waals surface area contributed by atoms with Crippen LogP contribution in [0, 0.1) is 12.8 Å². The molecule has 0 radical (unpaired) electrons. The first-order valence-electron chi connectivity index (χ1n) is 6.88. The number of hydrogen-bond donors (Lipinski definition) is 1. The lowest BCUT2D eigenvalue weighted by atomic mass is 10.2. The van der Waals surface area contributed by atoms with Gasteiger partial charge in [-0.05, 0) is 33.7 Å². The molecule has 1 N–H and O–H groups in total. The second-order valence-electron chi connectivity index (χ2n) is 5.75. The van der Waals surface area contributed by atoms with Crippen LogP contribution < -0.4 is 5.32 Å². The fraction of sp³-hybridized carbons (Fsp3) is 0.786. The van der Waals surface area contributed by atoms with E-state index in [9.17, 15) is 0 Å². The number of aromatic nitrogens is 2. The summed E-state index contributed by atoms with van der Waals surface area (Å²) in [6.07, 6.45) is 2.12. The minimum absolute atomic E-state index is 0.585. The maximum Gasteiger partial charge on any atom is 0.203 e. The van der Waals surface area contributed by atoms with Crippen LogP contribution in [0.25, 0.3) is 0 Å². The van der Waals surface area contributed by atoms with Gasteiger partial charge in [-0.2, -0.15) is 0 Å². The molecule has 1 heterocycles. The van der Waals surface area contributed by atoms with E-state index in [-0.39, 0.29) is 0 Å². The van der Waals surface area contributed by atoms with Crippen molar-refractivity contribution in [1.29, 1.82) is 0 Å². The van der Waals surface area contributed by atoms with Gasteiger partial charge in [0.1, 0.15) is 0 Å². The summed E-state index contributed by atoms with van der Waals surface area (Å²) in [4.78, 5) is 6.89. The Kier molecular flexibility index (Phi) is 5.66. The molecule has 4 nitrogen and oxygen atoms in total. The Labute approximate surface area is 111 Å². The number of aryl methyl sites for hydroxylation is 1. The van der Waals surface area contributed by atoms with Gasteiger partial charge in [-0.25, -0.2) is 4.98 Å². The number of imidazole rings is 1. The Morgan fingerprint density at radius 3 is 2.56 bits per heavy atom. The van der Waals surface area contributed by atoms with Gasteiger partial charge in [0.25, 0.3) is 0 Å². The van der Waals surface area contributed by atoms with E-state index >= 15 is 0 Å². The lowest BCUT2D eigenvalue weighted by Crippen LogP contribution is -2.30. The molecule has 0 spiro atoms. The summed E-state index contributed by atoms with van der Waals surface area (Å²) in [7, 11) is 2.16. The van der Waals surface area contributed by atoms with Crippen molar-refractivity contribution in [3.8, 4) is 0 Å². The van der Waals surface area contributed by atoms with Gasteiger partial charge >= 0.3 is 0 Å². The third kappa shape index (κ3) is 4.69. The van der Waals surface area contributed by atoms with Crippen molar-refractivity contribution in [3.63, 3.8) is 0 Å². The molecule has 0 atom stereocenters. The molecule has 4 heteroatoms. The van der Waals surface area contributed by atoms with Crippen LogP contribution in [-0.4, -0.2) is 40.6 Å². The quantitative estimate of drug-likeness (QED) is 0.810. The molecular formula is C14H28N4. The highest BCUT2D eigenvalue weighted by Crippen LogP contribution is 2.09. The van der Waals surface area contributed by atoms with Crippen molar-refractivity contribution < 1.29 is 0 Å². The zero-order valence-electron chi connectivity index (χ0n) is 12.7. The molecule has 1 aromatic rings. The normalized spacial score (nSPS) is 11.8.